The lowest BCUT2D eigenvalue weighted by Crippen LogP contribution is -2.20. The van der Waals surface area contributed by atoms with Gasteiger partial charge in [0.1, 0.15) is 17.1 Å². The van der Waals surface area contributed by atoms with Gasteiger partial charge in [0.25, 0.3) is 5.91 Å². The van der Waals surface area contributed by atoms with E-state index in [1.54, 1.807) is 24.3 Å². The molecule has 0 heterocycles. The summed E-state index contributed by atoms with van der Waals surface area (Å²) in [6, 6.07) is 11.1. The first-order chi connectivity index (χ1) is 11.0. The molecule has 2 N–H and O–H groups in total. The largest absolute Gasteiger partial charge is 0.507 e. The van der Waals surface area contributed by atoms with Crippen LogP contribution in [0.5, 0.6) is 11.5 Å². The molecule has 0 aliphatic heterocycles. The Bertz CT molecular complexity index is 715. The molecule has 23 heavy (non-hydrogen) atoms. The van der Waals surface area contributed by atoms with E-state index < -0.39 is 18.5 Å². The van der Waals surface area contributed by atoms with Crippen LogP contribution in [0.1, 0.15) is 10.4 Å². The number of hydrogen-bond acceptors (Lipinski definition) is 5. The lowest BCUT2D eigenvalue weighted by Gasteiger charge is -2.08. The standard InChI is InChI=1S/C16H14BrNO5/c1-22-12-6-7-13(14(19)8-12)16(21)23-9-15(20)18-11-4-2-10(17)3-5-11/h2-8,19H,9H2,1H3,(H,18,20). The number of phenols is 1. The minimum atomic E-state index is -0.795. The summed E-state index contributed by atoms with van der Waals surface area (Å²) < 4.78 is 10.7. The Morgan fingerprint density at radius 3 is 2.48 bits per heavy atom. The van der Waals surface area contributed by atoms with E-state index >= 15 is 0 Å². The van der Waals surface area contributed by atoms with E-state index in [1.165, 1.54) is 25.3 Å². The first kappa shape index (κ1) is 16.8. The fourth-order valence-electron chi connectivity index (χ4n) is 1.75. The van der Waals surface area contributed by atoms with Gasteiger partial charge in [-0.1, -0.05) is 15.9 Å². The molecule has 0 aromatic heterocycles. The number of carbonyl (C=O) groups is 2. The van der Waals surface area contributed by atoms with E-state index in [9.17, 15) is 14.7 Å². The number of anilines is 1. The van der Waals surface area contributed by atoms with Crippen LogP contribution < -0.4 is 10.1 Å². The average molecular weight is 380 g/mol. The number of aromatic hydroxyl groups is 1. The Hall–Kier alpha value is -2.54. The van der Waals surface area contributed by atoms with E-state index in [4.69, 9.17) is 9.47 Å². The molecule has 0 spiro atoms. The highest BCUT2D eigenvalue weighted by Crippen LogP contribution is 2.24. The van der Waals surface area contributed by atoms with Gasteiger partial charge in [-0.3, -0.25) is 4.79 Å². The van der Waals surface area contributed by atoms with E-state index in [0.717, 1.165) is 4.47 Å². The number of phenolic OH excluding ortho intramolecular Hbond substituents is 1. The molecule has 0 atom stereocenters. The van der Waals surface area contributed by atoms with Crippen molar-refractivity contribution in [3.05, 3.63) is 52.5 Å². The van der Waals surface area contributed by atoms with Crippen LogP contribution in [0.25, 0.3) is 0 Å². The van der Waals surface area contributed by atoms with Gasteiger partial charge in [0.05, 0.1) is 7.11 Å². The van der Waals surface area contributed by atoms with Gasteiger partial charge in [0, 0.05) is 16.2 Å². The number of methoxy groups -OCH3 is 1. The van der Waals surface area contributed by atoms with Gasteiger partial charge >= 0.3 is 5.97 Å². The molecule has 0 fully saturated rings. The molecule has 2 aromatic rings. The summed E-state index contributed by atoms with van der Waals surface area (Å²) in [5.41, 5.74) is 0.545. The van der Waals surface area contributed by atoms with Crippen molar-refractivity contribution in [2.75, 3.05) is 19.0 Å². The number of amides is 1. The van der Waals surface area contributed by atoms with Crippen molar-refractivity contribution in [3.63, 3.8) is 0 Å². The Morgan fingerprint density at radius 1 is 1.17 bits per heavy atom. The van der Waals surface area contributed by atoms with Crippen LogP contribution in [0.3, 0.4) is 0 Å². The van der Waals surface area contributed by atoms with Gasteiger partial charge in [-0.25, -0.2) is 4.79 Å². The van der Waals surface area contributed by atoms with Crippen LogP contribution in [-0.2, 0) is 9.53 Å². The molecule has 7 heteroatoms. The molecular formula is C16H14BrNO5. The van der Waals surface area contributed by atoms with Gasteiger partial charge in [-0.05, 0) is 36.4 Å². The molecule has 0 unspecified atom stereocenters. The Labute approximate surface area is 141 Å². The minimum Gasteiger partial charge on any atom is -0.507 e. The van der Waals surface area contributed by atoms with Crippen LogP contribution >= 0.6 is 15.9 Å². The topological polar surface area (TPSA) is 84.9 Å². The van der Waals surface area contributed by atoms with Crippen molar-refractivity contribution < 1.29 is 24.2 Å². The molecule has 0 bridgehead atoms. The zero-order valence-electron chi connectivity index (χ0n) is 12.2. The second-order valence-electron chi connectivity index (χ2n) is 4.51. The second kappa shape index (κ2) is 7.64. The lowest BCUT2D eigenvalue weighted by molar-refractivity contribution is -0.119. The third-order valence-corrected chi connectivity index (χ3v) is 3.42. The fourth-order valence-corrected chi connectivity index (χ4v) is 2.01. The van der Waals surface area contributed by atoms with Gasteiger partial charge in [0.2, 0.25) is 0 Å². The van der Waals surface area contributed by atoms with Crippen molar-refractivity contribution in [1.29, 1.82) is 0 Å². The van der Waals surface area contributed by atoms with E-state index in [-0.39, 0.29) is 11.3 Å². The number of rotatable bonds is 5. The van der Waals surface area contributed by atoms with Gasteiger partial charge < -0.3 is 19.9 Å². The van der Waals surface area contributed by atoms with E-state index in [2.05, 4.69) is 21.2 Å². The Kier molecular flexibility index (Phi) is 5.59. The van der Waals surface area contributed by atoms with Crippen LogP contribution in [0.2, 0.25) is 0 Å². The van der Waals surface area contributed by atoms with Crippen molar-refractivity contribution in [2.45, 2.75) is 0 Å². The smallest absolute Gasteiger partial charge is 0.342 e. The molecule has 2 aromatic carbocycles. The highest BCUT2D eigenvalue weighted by Gasteiger charge is 2.15. The number of esters is 1. The highest BCUT2D eigenvalue weighted by atomic mass is 79.9. The Morgan fingerprint density at radius 2 is 1.87 bits per heavy atom. The molecule has 120 valence electrons. The zero-order valence-corrected chi connectivity index (χ0v) is 13.8. The second-order valence-corrected chi connectivity index (χ2v) is 5.43. The van der Waals surface area contributed by atoms with Gasteiger partial charge in [0.15, 0.2) is 6.61 Å². The predicted molar refractivity (Wildman–Crippen MR) is 87.7 cm³/mol. The molecule has 0 aliphatic rings. The fraction of sp³-hybridized carbons (Fsp3) is 0.125. The monoisotopic (exact) mass is 379 g/mol. The van der Waals surface area contributed by atoms with Crippen molar-refractivity contribution in [3.8, 4) is 11.5 Å². The third kappa shape index (κ3) is 4.72. The molecule has 1 amide bonds. The summed E-state index contributed by atoms with van der Waals surface area (Å²) in [6.07, 6.45) is 0. The molecule has 6 nitrogen and oxygen atoms in total. The number of halogens is 1. The molecule has 0 radical (unpaired) electrons. The van der Waals surface area contributed by atoms with Crippen LogP contribution in [0.15, 0.2) is 46.9 Å². The Balaban J connectivity index is 1.91. The summed E-state index contributed by atoms with van der Waals surface area (Å²) >= 11 is 3.29. The quantitative estimate of drug-likeness (QED) is 0.780. The SMILES string of the molecule is COc1ccc(C(=O)OCC(=O)Nc2ccc(Br)cc2)c(O)c1. The number of carbonyl (C=O) groups excluding carboxylic acids is 2. The highest BCUT2D eigenvalue weighted by molar-refractivity contribution is 9.10. The maximum Gasteiger partial charge on any atom is 0.342 e. The van der Waals surface area contributed by atoms with E-state index in [1.807, 2.05) is 0 Å². The predicted octanol–water partition coefficient (Wildman–Crippen LogP) is 2.96. The van der Waals surface area contributed by atoms with E-state index in [0.29, 0.717) is 11.4 Å². The first-order valence-electron chi connectivity index (χ1n) is 6.59. The summed E-state index contributed by atoms with van der Waals surface area (Å²) in [6.45, 7) is -0.458. The molecule has 0 aliphatic carbocycles. The summed E-state index contributed by atoms with van der Waals surface area (Å²) in [4.78, 5) is 23.6. The normalized spacial score (nSPS) is 10.0. The first-order valence-corrected chi connectivity index (χ1v) is 7.38. The number of hydrogen-bond donors (Lipinski definition) is 2. The lowest BCUT2D eigenvalue weighted by atomic mass is 10.2. The van der Waals surface area contributed by atoms with Crippen molar-refractivity contribution in [2.24, 2.45) is 0 Å². The molecule has 2 rings (SSSR count). The molecular weight excluding hydrogens is 366 g/mol. The summed E-state index contributed by atoms with van der Waals surface area (Å²) in [5, 5.41) is 12.3. The molecule has 0 saturated carbocycles. The zero-order chi connectivity index (χ0) is 16.8. The van der Waals surface area contributed by atoms with Crippen molar-refractivity contribution in [1.82, 2.24) is 0 Å². The number of nitrogens with one attached hydrogen (secondary N) is 1. The van der Waals surface area contributed by atoms with Crippen molar-refractivity contribution >= 4 is 33.5 Å². The van der Waals surface area contributed by atoms with Gasteiger partial charge in [-0.2, -0.15) is 0 Å². The third-order valence-electron chi connectivity index (χ3n) is 2.89. The summed E-state index contributed by atoms with van der Waals surface area (Å²) in [5.74, 6) is -1.14. The average Bonchev–Trinajstić information content (AvgIpc) is 2.54. The number of benzene rings is 2. The van der Waals surface area contributed by atoms with Crippen LogP contribution in [-0.4, -0.2) is 30.7 Å². The summed E-state index contributed by atoms with van der Waals surface area (Å²) in [7, 11) is 1.44. The number of ether oxygens (including phenoxy) is 2. The minimum absolute atomic E-state index is 0.0396. The van der Waals surface area contributed by atoms with Gasteiger partial charge in [-0.15, -0.1) is 0 Å². The molecule has 0 saturated heterocycles. The maximum atomic E-state index is 11.9. The maximum absolute atomic E-state index is 11.9. The van der Waals surface area contributed by atoms with Crippen LogP contribution in [0.4, 0.5) is 5.69 Å². The van der Waals surface area contributed by atoms with Crippen LogP contribution in [0, 0.1) is 0 Å².